The minimum atomic E-state index is -1.08. The molecule has 0 aliphatic rings. The first-order chi connectivity index (χ1) is 8.17. The van der Waals surface area contributed by atoms with Crippen LogP contribution in [-0.2, 0) is 9.59 Å². The van der Waals surface area contributed by atoms with Crippen LogP contribution in [0.2, 0.25) is 0 Å². The van der Waals surface area contributed by atoms with E-state index in [1.807, 2.05) is 0 Å². The fourth-order valence-corrected chi connectivity index (χ4v) is 0.214. The summed E-state index contributed by atoms with van der Waals surface area (Å²) in [5, 5.41) is 20.1. The van der Waals surface area contributed by atoms with E-state index in [-0.39, 0.29) is 12.8 Å². The molecular weight excluding hydrogens is 248 g/mol. The molecule has 0 saturated carbocycles. The molecule has 0 spiro atoms. The Hall–Kier alpha value is -2.52. The number of carbonyl (C=O) groups is 4. The van der Waals surface area contributed by atoms with Gasteiger partial charge in [0.2, 0.25) is 0 Å². The molecule has 0 aliphatic heterocycles. The number of primary amides is 2. The van der Waals surface area contributed by atoms with Crippen LogP contribution in [0.5, 0.6) is 0 Å². The zero-order valence-electron chi connectivity index (χ0n) is 10.1. The van der Waals surface area contributed by atoms with Crippen molar-refractivity contribution in [2.24, 2.45) is 11.5 Å². The zero-order chi connectivity index (χ0) is 15.1. The Morgan fingerprint density at radius 3 is 1.06 bits per heavy atom. The number of carboxylic acids is 2. The summed E-state index contributed by atoms with van der Waals surface area (Å²) in [6, 6.07) is -0.991. The number of carboxylic acid groups (broad SMARTS) is 2. The summed E-state index contributed by atoms with van der Waals surface area (Å²) in [5.74, 6) is -2.15. The maximum absolute atomic E-state index is 9.64. The maximum Gasteiger partial charge on any atom is 0.311 e. The van der Waals surface area contributed by atoms with Crippen molar-refractivity contribution in [2.75, 3.05) is 14.1 Å². The topological polar surface area (TPSA) is 185 Å². The van der Waals surface area contributed by atoms with Gasteiger partial charge in [0.1, 0.15) is 0 Å². The van der Waals surface area contributed by atoms with Gasteiger partial charge >= 0.3 is 24.0 Å². The second-order valence-corrected chi connectivity index (χ2v) is 2.52. The van der Waals surface area contributed by atoms with E-state index in [0.717, 1.165) is 0 Å². The molecular formula is C8H18N4O6. The van der Waals surface area contributed by atoms with Crippen LogP contribution >= 0.6 is 0 Å². The molecule has 0 heterocycles. The molecule has 0 unspecified atom stereocenters. The Morgan fingerprint density at radius 2 is 1.00 bits per heavy atom. The van der Waals surface area contributed by atoms with E-state index in [0.29, 0.717) is 0 Å². The lowest BCUT2D eigenvalue weighted by atomic mass is 10.3. The molecule has 0 bridgehead atoms. The van der Waals surface area contributed by atoms with Crippen LogP contribution in [0.25, 0.3) is 0 Å². The van der Waals surface area contributed by atoms with E-state index in [2.05, 4.69) is 22.1 Å². The Kier molecular flexibility index (Phi) is 16.8. The van der Waals surface area contributed by atoms with Gasteiger partial charge < -0.3 is 32.3 Å². The fraction of sp³-hybridized carbons (Fsp3) is 0.500. The molecule has 106 valence electrons. The molecule has 0 aromatic carbocycles. The molecule has 0 fully saturated rings. The first-order valence-corrected chi connectivity index (χ1v) is 4.55. The molecule has 0 radical (unpaired) electrons. The minimum absolute atomic E-state index is 0.296. The van der Waals surface area contributed by atoms with E-state index >= 15 is 0 Å². The van der Waals surface area contributed by atoms with Crippen LogP contribution in [0.4, 0.5) is 9.59 Å². The smallest absolute Gasteiger partial charge is 0.311 e. The largest absolute Gasteiger partial charge is 0.481 e. The van der Waals surface area contributed by atoms with Crippen LogP contribution in [-0.4, -0.2) is 48.3 Å². The third-order valence-corrected chi connectivity index (χ3v) is 1.05. The van der Waals surface area contributed by atoms with Crippen molar-refractivity contribution in [3.8, 4) is 0 Å². The average Bonchev–Trinajstić information content (AvgIpc) is 2.27. The first-order valence-electron chi connectivity index (χ1n) is 4.55. The summed E-state index contributed by atoms with van der Waals surface area (Å²) in [6.07, 6.45) is -0.593. The van der Waals surface area contributed by atoms with Gasteiger partial charge in [-0.1, -0.05) is 0 Å². The third-order valence-electron chi connectivity index (χ3n) is 1.05. The number of amides is 4. The first kappa shape index (κ1) is 20.8. The van der Waals surface area contributed by atoms with Gasteiger partial charge in [0.15, 0.2) is 0 Å². The van der Waals surface area contributed by atoms with Crippen LogP contribution in [0.3, 0.4) is 0 Å². The summed E-state index contributed by atoms with van der Waals surface area (Å²) in [4.78, 5) is 38.2. The summed E-state index contributed by atoms with van der Waals surface area (Å²) in [5.41, 5.74) is 9.08. The van der Waals surface area contributed by atoms with Gasteiger partial charge in [-0.15, -0.1) is 0 Å². The summed E-state index contributed by atoms with van der Waals surface area (Å²) < 4.78 is 0. The molecule has 8 N–H and O–H groups in total. The average molecular weight is 266 g/mol. The summed E-state index contributed by atoms with van der Waals surface area (Å²) in [7, 11) is 2.95. The van der Waals surface area contributed by atoms with Crippen molar-refractivity contribution in [3.05, 3.63) is 0 Å². The van der Waals surface area contributed by atoms with Crippen LogP contribution in [0.1, 0.15) is 12.8 Å². The molecule has 18 heavy (non-hydrogen) atoms. The van der Waals surface area contributed by atoms with Crippen LogP contribution < -0.4 is 22.1 Å². The van der Waals surface area contributed by atoms with Gasteiger partial charge in [-0.25, -0.2) is 9.59 Å². The Balaban J connectivity index is -0.000000197. The fourth-order valence-electron chi connectivity index (χ4n) is 0.214. The van der Waals surface area contributed by atoms with E-state index in [1.54, 1.807) is 0 Å². The van der Waals surface area contributed by atoms with Crippen molar-refractivity contribution < 1.29 is 29.4 Å². The minimum Gasteiger partial charge on any atom is -0.481 e. The molecule has 0 saturated heterocycles. The summed E-state index contributed by atoms with van der Waals surface area (Å²) in [6.45, 7) is 0. The van der Waals surface area contributed by atoms with Gasteiger partial charge in [-0.2, -0.15) is 0 Å². The van der Waals surface area contributed by atoms with Crippen molar-refractivity contribution >= 4 is 24.0 Å². The van der Waals surface area contributed by atoms with E-state index < -0.39 is 24.0 Å². The Labute approximate surface area is 103 Å². The molecule has 10 heteroatoms. The summed E-state index contributed by atoms with van der Waals surface area (Å²) >= 11 is 0. The standard InChI is InChI=1S/C4H6O4.2C2H6N2O/c5-3(6)1-2-4(7)8;2*1-4-2(3)5/h1-2H2,(H,5,6)(H,7,8);2*1H3,(H3,3,4,5). The number of nitrogens with two attached hydrogens (primary N) is 2. The highest BCUT2D eigenvalue weighted by molar-refractivity contribution is 5.75. The van der Waals surface area contributed by atoms with Gasteiger partial charge in [0.25, 0.3) is 0 Å². The van der Waals surface area contributed by atoms with Crippen molar-refractivity contribution in [2.45, 2.75) is 12.8 Å². The SMILES string of the molecule is CNC(N)=O.CNC(N)=O.O=C(O)CCC(=O)O. The third kappa shape index (κ3) is 50.0. The van der Waals surface area contributed by atoms with Crippen molar-refractivity contribution in [1.29, 1.82) is 0 Å². The van der Waals surface area contributed by atoms with Gasteiger partial charge in [-0.05, 0) is 0 Å². The molecule has 0 aromatic rings. The number of hydrogen-bond acceptors (Lipinski definition) is 4. The predicted molar refractivity (Wildman–Crippen MR) is 61.8 cm³/mol. The molecule has 0 atom stereocenters. The van der Waals surface area contributed by atoms with Crippen LogP contribution in [0.15, 0.2) is 0 Å². The number of hydrogen-bond donors (Lipinski definition) is 6. The number of rotatable bonds is 3. The highest BCUT2D eigenvalue weighted by atomic mass is 16.4. The molecule has 0 aromatic heterocycles. The number of carbonyl (C=O) groups excluding carboxylic acids is 2. The van der Waals surface area contributed by atoms with Crippen LogP contribution in [0, 0.1) is 0 Å². The second-order valence-electron chi connectivity index (χ2n) is 2.52. The van der Waals surface area contributed by atoms with Crippen molar-refractivity contribution in [3.63, 3.8) is 0 Å². The zero-order valence-corrected chi connectivity index (χ0v) is 10.1. The Bertz CT molecular complexity index is 253. The highest BCUT2D eigenvalue weighted by Crippen LogP contribution is 1.86. The molecule has 0 aliphatic carbocycles. The van der Waals surface area contributed by atoms with Gasteiger partial charge in [0.05, 0.1) is 12.8 Å². The number of aliphatic carboxylic acids is 2. The lowest BCUT2D eigenvalue weighted by molar-refractivity contribution is -0.143. The molecule has 0 rings (SSSR count). The van der Waals surface area contributed by atoms with Gasteiger partial charge in [0, 0.05) is 14.1 Å². The van der Waals surface area contributed by atoms with Crippen molar-refractivity contribution in [1.82, 2.24) is 10.6 Å². The quantitative estimate of drug-likeness (QED) is 0.361. The number of urea groups is 2. The van der Waals surface area contributed by atoms with E-state index in [1.165, 1.54) is 14.1 Å². The predicted octanol–water partition coefficient (Wildman–Crippen LogP) is -1.50. The molecule has 10 nitrogen and oxygen atoms in total. The lowest BCUT2D eigenvalue weighted by Crippen LogP contribution is -2.24. The van der Waals surface area contributed by atoms with E-state index in [9.17, 15) is 19.2 Å². The monoisotopic (exact) mass is 266 g/mol. The highest BCUT2D eigenvalue weighted by Gasteiger charge is 2.00. The normalized spacial score (nSPS) is 7.44. The van der Waals surface area contributed by atoms with E-state index in [4.69, 9.17) is 10.2 Å². The van der Waals surface area contributed by atoms with Gasteiger partial charge in [-0.3, -0.25) is 9.59 Å². The molecule has 4 amide bonds. The number of nitrogens with one attached hydrogen (secondary N) is 2. The Morgan fingerprint density at radius 1 is 0.833 bits per heavy atom. The maximum atomic E-state index is 9.64. The second kappa shape index (κ2) is 14.5. The lowest BCUT2D eigenvalue weighted by Gasteiger charge is -1.85.